The zero-order valence-electron chi connectivity index (χ0n) is 20.6. The first-order chi connectivity index (χ1) is 15.5. The van der Waals surface area contributed by atoms with Crippen LogP contribution >= 0.6 is 11.3 Å². The standard InChI is InChI=1S/C23H34N4O5S/c1-14-17-19(31-7)24-16(13-30-6)25-20(17)33-18(14)21(28)27-10-8-9-15(12-27)11-26(5)22(29)32-23(2,3)4/h15H,8-13H2,1-7H3. The van der Waals surface area contributed by atoms with Crippen molar-refractivity contribution in [1.29, 1.82) is 0 Å². The Bertz CT molecular complexity index is 1020. The van der Waals surface area contributed by atoms with Gasteiger partial charge >= 0.3 is 6.09 Å². The number of thiophene rings is 1. The lowest BCUT2D eigenvalue weighted by molar-refractivity contribution is 0.0244. The minimum atomic E-state index is -0.536. The second-order valence-corrected chi connectivity index (χ2v) is 10.4. The van der Waals surface area contributed by atoms with Crippen LogP contribution in [-0.4, -0.2) is 78.3 Å². The van der Waals surface area contributed by atoms with E-state index in [-0.39, 0.29) is 24.5 Å². The highest BCUT2D eigenvalue weighted by Crippen LogP contribution is 2.36. The largest absolute Gasteiger partial charge is 0.480 e. The van der Waals surface area contributed by atoms with Crippen molar-refractivity contribution in [2.75, 3.05) is 40.9 Å². The van der Waals surface area contributed by atoms with Crippen LogP contribution in [0.5, 0.6) is 5.88 Å². The molecule has 3 heterocycles. The Morgan fingerprint density at radius 3 is 2.61 bits per heavy atom. The molecule has 1 fully saturated rings. The molecule has 2 aromatic rings. The molecule has 1 unspecified atom stereocenters. The summed E-state index contributed by atoms with van der Waals surface area (Å²) in [5, 5.41) is 0.768. The van der Waals surface area contributed by atoms with E-state index in [0.717, 1.165) is 23.8 Å². The molecule has 1 aliphatic heterocycles. The molecule has 9 nitrogen and oxygen atoms in total. The number of carbonyl (C=O) groups is 2. The summed E-state index contributed by atoms with van der Waals surface area (Å²) in [6.45, 7) is 9.56. The molecular weight excluding hydrogens is 444 g/mol. The van der Waals surface area contributed by atoms with Crippen LogP contribution in [0.2, 0.25) is 0 Å². The van der Waals surface area contributed by atoms with Crippen LogP contribution in [0.4, 0.5) is 4.79 Å². The van der Waals surface area contributed by atoms with Gasteiger partial charge in [0, 0.05) is 33.8 Å². The number of hydrogen-bond donors (Lipinski definition) is 0. The van der Waals surface area contributed by atoms with Crippen molar-refractivity contribution >= 4 is 33.6 Å². The Hall–Kier alpha value is -2.46. The number of fused-ring (bicyclic) bond motifs is 1. The third-order valence-corrected chi connectivity index (χ3v) is 6.68. The van der Waals surface area contributed by atoms with Gasteiger partial charge in [0.15, 0.2) is 5.82 Å². The number of methoxy groups -OCH3 is 2. The molecule has 0 radical (unpaired) electrons. The van der Waals surface area contributed by atoms with E-state index >= 15 is 0 Å². The molecule has 0 aromatic carbocycles. The van der Waals surface area contributed by atoms with E-state index in [1.54, 1.807) is 26.2 Å². The highest BCUT2D eigenvalue weighted by Gasteiger charge is 2.30. The molecule has 182 valence electrons. The van der Waals surface area contributed by atoms with Crippen molar-refractivity contribution in [3.8, 4) is 5.88 Å². The molecule has 33 heavy (non-hydrogen) atoms. The van der Waals surface area contributed by atoms with Crippen LogP contribution < -0.4 is 4.74 Å². The van der Waals surface area contributed by atoms with E-state index in [1.165, 1.54) is 11.3 Å². The zero-order valence-corrected chi connectivity index (χ0v) is 21.4. The summed E-state index contributed by atoms with van der Waals surface area (Å²) in [6.07, 6.45) is 1.51. The van der Waals surface area contributed by atoms with Crippen molar-refractivity contribution < 1.29 is 23.8 Å². The molecule has 1 saturated heterocycles. The number of likely N-dealkylation sites (tertiary alicyclic amines) is 1. The molecule has 0 spiro atoms. The van der Waals surface area contributed by atoms with Gasteiger partial charge in [-0.05, 0) is 52.0 Å². The summed E-state index contributed by atoms with van der Waals surface area (Å²) in [5.74, 6) is 1.15. The van der Waals surface area contributed by atoms with E-state index in [1.807, 2.05) is 32.6 Å². The van der Waals surface area contributed by atoms with E-state index < -0.39 is 5.60 Å². The summed E-state index contributed by atoms with van der Waals surface area (Å²) in [7, 11) is 4.89. The summed E-state index contributed by atoms with van der Waals surface area (Å²) in [6, 6.07) is 0. The van der Waals surface area contributed by atoms with Gasteiger partial charge in [-0.25, -0.2) is 9.78 Å². The monoisotopic (exact) mass is 478 g/mol. The molecule has 1 atom stereocenters. The number of nitrogens with zero attached hydrogens (tertiary/aromatic N) is 4. The van der Waals surface area contributed by atoms with Gasteiger partial charge in [-0.2, -0.15) is 4.98 Å². The van der Waals surface area contributed by atoms with Crippen LogP contribution in [0.15, 0.2) is 0 Å². The number of rotatable bonds is 6. The van der Waals surface area contributed by atoms with Gasteiger partial charge in [-0.1, -0.05) is 0 Å². The highest BCUT2D eigenvalue weighted by molar-refractivity contribution is 7.20. The van der Waals surface area contributed by atoms with Gasteiger partial charge in [-0.15, -0.1) is 11.3 Å². The van der Waals surface area contributed by atoms with Gasteiger partial charge in [-0.3, -0.25) is 4.79 Å². The third-order valence-electron chi connectivity index (χ3n) is 5.51. The number of hydrogen-bond acceptors (Lipinski definition) is 8. The maximum absolute atomic E-state index is 13.5. The highest BCUT2D eigenvalue weighted by atomic mass is 32.1. The zero-order chi connectivity index (χ0) is 24.3. The normalized spacial score (nSPS) is 16.7. The first-order valence-electron chi connectivity index (χ1n) is 11.1. The van der Waals surface area contributed by atoms with E-state index in [2.05, 4.69) is 9.97 Å². The molecule has 2 amide bonds. The SMILES string of the molecule is COCc1nc(OC)c2c(C)c(C(=O)N3CCCC(CN(C)C(=O)OC(C)(C)C)C3)sc2n1. The molecular formula is C23H34N4O5S. The molecule has 2 aromatic heterocycles. The molecule has 0 N–H and O–H groups in total. The van der Waals surface area contributed by atoms with Gasteiger partial charge in [0.25, 0.3) is 5.91 Å². The van der Waals surface area contributed by atoms with E-state index in [4.69, 9.17) is 14.2 Å². The van der Waals surface area contributed by atoms with Gasteiger partial charge in [0.2, 0.25) is 5.88 Å². The fourth-order valence-electron chi connectivity index (χ4n) is 4.03. The molecule has 1 aliphatic rings. The Kier molecular flexibility index (Phi) is 7.79. The van der Waals surface area contributed by atoms with Crippen molar-refractivity contribution in [3.63, 3.8) is 0 Å². The van der Waals surface area contributed by atoms with Gasteiger partial charge < -0.3 is 24.0 Å². The van der Waals surface area contributed by atoms with Gasteiger partial charge in [0.1, 0.15) is 17.0 Å². The quantitative estimate of drug-likeness (QED) is 0.622. The number of piperidine rings is 1. The Labute approximate surface area is 199 Å². The predicted molar refractivity (Wildman–Crippen MR) is 127 cm³/mol. The number of ether oxygens (including phenoxy) is 3. The second kappa shape index (κ2) is 10.2. The fraction of sp³-hybridized carbons (Fsp3) is 0.652. The maximum atomic E-state index is 13.5. The average Bonchev–Trinajstić information content (AvgIpc) is 3.08. The number of amides is 2. The molecule has 0 bridgehead atoms. The van der Waals surface area contributed by atoms with E-state index in [9.17, 15) is 9.59 Å². The second-order valence-electron chi connectivity index (χ2n) is 9.44. The fourth-order valence-corrected chi connectivity index (χ4v) is 5.19. The number of aromatic nitrogens is 2. The van der Waals surface area contributed by atoms with Crippen LogP contribution in [0.3, 0.4) is 0 Å². The van der Waals surface area contributed by atoms with E-state index in [0.29, 0.717) is 41.0 Å². The number of aryl methyl sites for hydroxylation is 1. The van der Waals surface area contributed by atoms with Crippen molar-refractivity contribution in [2.45, 2.75) is 52.7 Å². The first-order valence-corrected chi connectivity index (χ1v) is 11.9. The summed E-state index contributed by atoms with van der Waals surface area (Å²) in [4.78, 5) is 39.6. The lowest BCUT2D eigenvalue weighted by Crippen LogP contribution is -2.45. The number of carbonyl (C=O) groups excluding carboxylic acids is 2. The lowest BCUT2D eigenvalue weighted by atomic mass is 9.97. The first kappa shape index (κ1) is 25.2. The average molecular weight is 479 g/mol. The minimum Gasteiger partial charge on any atom is -0.480 e. The van der Waals surface area contributed by atoms with Crippen LogP contribution in [-0.2, 0) is 16.1 Å². The smallest absolute Gasteiger partial charge is 0.410 e. The Morgan fingerprint density at radius 1 is 1.24 bits per heavy atom. The lowest BCUT2D eigenvalue weighted by Gasteiger charge is -2.35. The Balaban J connectivity index is 1.76. The maximum Gasteiger partial charge on any atom is 0.410 e. The topological polar surface area (TPSA) is 94.1 Å². The van der Waals surface area contributed by atoms with Crippen molar-refractivity contribution in [1.82, 2.24) is 19.8 Å². The third kappa shape index (κ3) is 5.92. The van der Waals surface area contributed by atoms with Crippen LogP contribution in [0.25, 0.3) is 10.2 Å². The summed E-state index contributed by atoms with van der Waals surface area (Å²) in [5.41, 5.74) is 0.292. The Morgan fingerprint density at radius 2 is 1.97 bits per heavy atom. The van der Waals surface area contributed by atoms with Crippen molar-refractivity contribution in [2.24, 2.45) is 5.92 Å². The summed E-state index contributed by atoms with van der Waals surface area (Å²) >= 11 is 1.36. The van der Waals surface area contributed by atoms with Gasteiger partial charge in [0.05, 0.1) is 17.4 Å². The molecule has 3 rings (SSSR count). The molecule has 0 saturated carbocycles. The molecule has 0 aliphatic carbocycles. The minimum absolute atomic E-state index is 0.0181. The molecule has 10 heteroatoms. The van der Waals surface area contributed by atoms with Crippen molar-refractivity contribution in [3.05, 3.63) is 16.3 Å². The van der Waals surface area contributed by atoms with Crippen LogP contribution in [0, 0.1) is 12.8 Å². The summed E-state index contributed by atoms with van der Waals surface area (Å²) < 4.78 is 16.1. The van der Waals surface area contributed by atoms with Crippen LogP contribution in [0.1, 0.15) is 54.7 Å². The predicted octanol–water partition coefficient (Wildman–Crippen LogP) is 3.87.